The summed E-state index contributed by atoms with van der Waals surface area (Å²) in [7, 11) is 0. The van der Waals surface area contributed by atoms with Gasteiger partial charge in [0.2, 0.25) is 5.91 Å². The van der Waals surface area contributed by atoms with Crippen LogP contribution in [0.25, 0.3) is 10.4 Å². The van der Waals surface area contributed by atoms with E-state index >= 15 is 0 Å². The van der Waals surface area contributed by atoms with Crippen LogP contribution in [0.1, 0.15) is 42.5 Å². The number of alkyl halides is 1. The van der Waals surface area contributed by atoms with Crippen LogP contribution in [0.2, 0.25) is 0 Å². The third-order valence-corrected chi connectivity index (χ3v) is 7.44. The number of nitroso groups, excluding NO2 is 1. The molecule has 2 atom stereocenters. The second-order valence-electron chi connectivity index (χ2n) is 8.71. The minimum absolute atomic E-state index is 0.0108. The van der Waals surface area contributed by atoms with Crippen LogP contribution in [0.5, 0.6) is 5.75 Å². The van der Waals surface area contributed by atoms with Crippen molar-refractivity contribution in [1.29, 1.82) is 0 Å². The average molecular weight is 607 g/mol. The van der Waals surface area contributed by atoms with Crippen molar-refractivity contribution >= 4 is 40.1 Å². The number of aromatic hydroxyl groups is 1. The van der Waals surface area contributed by atoms with Gasteiger partial charge in [-0.2, -0.15) is 0 Å². The Morgan fingerprint density at radius 1 is 1.31 bits per heavy atom. The lowest BCUT2D eigenvalue weighted by Crippen LogP contribution is -2.68. The molecular weight excluding hydrogens is 581 g/mol. The molecule has 4 N–H and O–H groups in total. The van der Waals surface area contributed by atoms with E-state index in [0.717, 1.165) is 43.9 Å². The molecule has 2 amide bonds. The molecule has 36 heavy (non-hydrogen) atoms. The minimum atomic E-state index is -0.997. The number of halogens is 1. The van der Waals surface area contributed by atoms with Gasteiger partial charge >= 0.3 is 5.91 Å². The molecule has 1 saturated heterocycles. The summed E-state index contributed by atoms with van der Waals surface area (Å²) < 4.78 is 0.419. The number of carbonyl (C=O) groups excluding carboxylic acids is 2. The zero-order chi connectivity index (χ0) is 25.8. The number of nitrogens with one attached hydrogen (secondary N) is 1. The highest BCUT2D eigenvalue weighted by atomic mass is 127. The number of carbonyl (C=O) groups is 2. The topological polar surface area (TPSA) is 180 Å². The van der Waals surface area contributed by atoms with E-state index in [1.807, 2.05) is 6.08 Å². The number of phenols is 1. The molecule has 1 aromatic carbocycles. The molecule has 190 valence electrons. The smallest absolute Gasteiger partial charge is 0.316 e. The number of anilines is 1. The van der Waals surface area contributed by atoms with Gasteiger partial charge in [0.25, 0.3) is 0 Å². The first-order valence-electron chi connectivity index (χ1n) is 11.5. The highest BCUT2D eigenvalue weighted by Gasteiger charge is 2.47. The summed E-state index contributed by atoms with van der Waals surface area (Å²) in [5, 5.41) is 21.2. The fourth-order valence-electron chi connectivity index (χ4n) is 5.05. The zero-order valence-corrected chi connectivity index (χ0v) is 21.5. The van der Waals surface area contributed by atoms with Crippen molar-refractivity contribution in [3.63, 3.8) is 0 Å². The van der Waals surface area contributed by atoms with E-state index in [9.17, 15) is 19.6 Å². The number of rotatable bonds is 7. The molecule has 13 nitrogen and oxygen atoms in total. The number of nitrogens with two attached hydrogens (primary N) is 1. The number of azide groups is 1. The predicted molar refractivity (Wildman–Crippen MR) is 140 cm³/mol. The van der Waals surface area contributed by atoms with Gasteiger partial charge in [-0.25, -0.2) is 5.84 Å². The van der Waals surface area contributed by atoms with Crippen LogP contribution in [0.4, 0.5) is 5.69 Å². The first-order valence-corrected chi connectivity index (χ1v) is 13.0. The Hall–Kier alpha value is -3.20. The van der Waals surface area contributed by atoms with Crippen LogP contribution >= 0.6 is 22.6 Å². The highest BCUT2D eigenvalue weighted by Crippen LogP contribution is 2.36. The van der Waals surface area contributed by atoms with Gasteiger partial charge in [-0.05, 0) is 48.7 Å². The molecule has 1 saturated carbocycles. The summed E-state index contributed by atoms with van der Waals surface area (Å²) in [4.78, 5) is 42.2. The Morgan fingerprint density at radius 2 is 2.06 bits per heavy atom. The van der Waals surface area contributed by atoms with Crippen molar-refractivity contribution in [2.45, 2.75) is 50.4 Å². The molecule has 2 fully saturated rings. The van der Waals surface area contributed by atoms with Crippen molar-refractivity contribution in [1.82, 2.24) is 15.1 Å². The van der Waals surface area contributed by atoms with Crippen molar-refractivity contribution < 1.29 is 14.7 Å². The monoisotopic (exact) mass is 607 g/mol. The number of phenolic OH excluding ortho intramolecular Hbond substituents is 1. The average Bonchev–Trinajstić information content (AvgIpc) is 2.91. The van der Waals surface area contributed by atoms with Gasteiger partial charge in [0.15, 0.2) is 0 Å². The standard InChI is InChI=1S/C22H26IN9O4/c23-12-30-16-8-9-19(32(25)15-7-6-13(10-18(15)33)21(34)28-36)27-20(16)31(14-4-2-1-3-5-14)17(22(30)35)11-26-29-24/h6-10,14,17,20,27,33H,1-5,11-12,25H2/t17-,20?/m1/s1. The number of fused-ring (bicyclic) bond motifs is 1. The molecule has 2 heterocycles. The number of piperazine rings is 1. The molecule has 1 unspecified atom stereocenters. The summed E-state index contributed by atoms with van der Waals surface area (Å²) in [5.41, 5.74) is 9.86. The van der Waals surface area contributed by atoms with E-state index in [2.05, 4.69) is 48.0 Å². The Kier molecular flexibility index (Phi) is 8.08. The van der Waals surface area contributed by atoms with E-state index in [0.29, 0.717) is 10.4 Å². The number of hydrogen-bond acceptors (Lipinski definition) is 9. The number of dihydropyridines is 1. The molecule has 4 rings (SSSR count). The van der Waals surface area contributed by atoms with E-state index in [1.54, 1.807) is 11.0 Å². The molecule has 3 aliphatic rings. The number of nitrogens with zero attached hydrogens (tertiary/aromatic N) is 7. The lowest BCUT2D eigenvalue weighted by atomic mass is 9.90. The van der Waals surface area contributed by atoms with Crippen LogP contribution in [0.3, 0.4) is 0 Å². The summed E-state index contributed by atoms with van der Waals surface area (Å²) in [6, 6.07) is 3.38. The number of amides is 2. The first-order chi connectivity index (χ1) is 17.4. The van der Waals surface area contributed by atoms with Crippen LogP contribution < -0.4 is 16.2 Å². The van der Waals surface area contributed by atoms with E-state index in [1.165, 1.54) is 17.1 Å². The van der Waals surface area contributed by atoms with Gasteiger partial charge in [0.1, 0.15) is 23.4 Å². The molecule has 1 aliphatic carbocycles. The molecule has 1 aromatic rings. The minimum Gasteiger partial charge on any atom is -0.506 e. The maximum atomic E-state index is 13.4. The van der Waals surface area contributed by atoms with E-state index in [4.69, 9.17) is 11.4 Å². The van der Waals surface area contributed by atoms with Crippen LogP contribution in [-0.4, -0.2) is 56.1 Å². The van der Waals surface area contributed by atoms with Crippen LogP contribution in [-0.2, 0) is 4.79 Å². The highest BCUT2D eigenvalue weighted by molar-refractivity contribution is 14.1. The maximum absolute atomic E-state index is 13.4. The fourth-order valence-corrected chi connectivity index (χ4v) is 5.78. The van der Waals surface area contributed by atoms with Crippen molar-refractivity contribution in [2.75, 3.05) is 16.1 Å². The maximum Gasteiger partial charge on any atom is 0.316 e. The fraction of sp³-hybridized carbons (Fsp3) is 0.455. The Balaban J connectivity index is 1.70. The lowest BCUT2D eigenvalue weighted by molar-refractivity contribution is -0.142. The number of hydrogen-bond donors (Lipinski definition) is 3. The molecular formula is C22H26IN9O4. The summed E-state index contributed by atoms with van der Waals surface area (Å²) in [6.07, 6.45) is 8.17. The Labute approximate surface area is 220 Å². The Bertz CT molecular complexity index is 1160. The van der Waals surface area contributed by atoms with Gasteiger partial charge in [-0.3, -0.25) is 19.5 Å². The number of allylic oxidation sites excluding steroid dienone is 2. The van der Waals surface area contributed by atoms with Crippen molar-refractivity contribution in [3.05, 3.63) is 62.8 Å². The van der Waals surface area contributed by atoms with Crippen molar-refractivity contribution in [3.8, 4) is 5.75 Å². The van der Waals surface area contributed by atoms with Gasteiger partial charge in [0.05, 0.1) is 22.8 Å². The van der Waals surface area contributed by atoms with Gasteiger partial charge in [-0.1, -0.05) is 47.0 Å². The second-order valence-corrected chi connectivity index (χ2v) is 9.40. The van der Waals surface area contributed by atoms with Gasteiger partial charge < -0.3 is 15.3 Å². The molecule has 0 bridgehead atoms. The number of benzene rings is 1. The van der Waals surface area contributed by atoms with Crippen LogP contribution in [0.15, 0.2) is 52.2 Å². The largest absolute Gasteiger partial charge is 0.506 e. The quantitative estimate of drug-likeness (QED) is 0.0487. The third-order valence-electron chi connectivity index (χ3n) is 6.76. The first kappa shape index (κ1) is 25.9. The van der Waals surface area contributed by atoms with Gasteiger partial charge in [0, 0.05) is 21.7 Å². The summed E-state index contributed by atoms with van der Waals surface area (Å²) >= 11 is 2.13. The summed E-state index contributed by atoms with van der Waals surface area (Å²) in [5.74, 6) is 5.39. The summed E-state index contributed by atoms with van der Waals surface area (Å²) in [6.45, 7) is 0.0108. The van der Waals surface area contributed by atoms with E-state index in [-0.39, 0.29) is 35.5 Å². The number of hydrazine groups is 1. The second kappa shape index (κ2) is 11.2. The van der Waals surface area contributed by atoms with Crippen molar-refractivity contribution in [2.24, 2.45) is 16.1 Å². The molecule has 14 heteroatoms. The molecule has 0 aromatic heterocycles. The normalized spacial score (nSPS) is 22.5. The zero-order valence-electron chi connectivity index (χ0n) is 19.3. The SMILES string of the molecule is [N-]=[N+]=NC[C@@H]1C(=O)N(CI)C2=CC=C(N(N)c3ccc(C(=O)N=O)cc3O)NC2N1C1CCCCC1. The Morgan fingerprint density at radius 3 is 2.69 bits per heavy atom. The predicted octanol–water partition coefficient (Wildman–Crippen LogP) is 3.18. The van der Waals surface area contributed by atoms with E-state index < -0.39 is 18.1 Å². The lowest BCUT2D eigenvalue weighted by Gasteiger charge is -2.52. The molecule has 0 radical (unpaired) electrons. The third kappa shape index (κ3) is 4.89. The van der Waals surface area contributed by atoms with Crippen LogP contribution in [0, 0.1) is 4.91 Å². The molecule has 2 aliphatic heterocycles. The molecule has 0 spiro atoms. The van der Waals surface area contributed by atoms with Gasteiger partial charge in [-0.15, -0.1) is 4.91 Å².